The Kier molecular flexibility index (Phi) is 9.75. The zero-order valence-corrected chi connectivity index (χ0v) is 25.1. The summed E-state index contributed by atoms with van der Waals surface area (Å²) in [5, 5.41) is 5.37. The summed E-state index contributed by atoms with van der Waals surface area (Å²) in [5.74, 6) is -2.65. The Labute approximate surface area is 244 Å². The molecule has 10 heteroatoms. The number of Topliss-reactive ketones (excluding diaryl/α,β-unsaturated/α-hetero) is 1. The fraction of sp³-hybridized carbons (Fsp3) is 0.452. The molecule has 3 atom stereocenters. The SMILES string of the molecule is CCCC1=C(C(=O)OCC)[C@H](c2cc(OC)c(OC)c(OC)c2)C2=C(C[C@@H](c3cccs3)[C@H](C(=O)OCC)C2=O)N1. The number of methoxy groups -OCH3 is 3. The Morgan fingerprint density at radius 1 is 1.00 bits per heavy atom. The molecular formula is C31H37NO8S. The van der Waals surface area contributed by atoms with Crippen LogP contribution in [0.15, 0.2) is 52.2 Å². The van der Waals surface area contributed by atoms with Gasteiger partial charge in [0.1, 0.15) is 5.92 Å². The number of thiophene rings is 1. The molecule has 0 bridgehead atoms. The summed E-state index contributed by atoms with van der Waals surface area (Å²) in [5.41, 5.74) is 2.62. The molecule has 9 nitrogen and oxygen atoms in total. The van der Waals surface area contributed by atoms with E-state index in [0.29, 0.717) is 58.2 Å². The topological polar surface area (TPSA) is 109 Å². The number of carbonyl (C=O) groups is 3. The first-order chi connectivity index (χ1) is 19.8. The van der Waals surface area contributed by atoms with Crippen molar-refractivity contribution in [2.24, 2.45) is 5.92 Å². The molecule has 0 spiro atoms. The van der Waals surface area contributed by atoms with Gasteiger partial charge in [0.2, 0.25) is 5.75 Å². The van der Waals surface area contributed by atoms with E-state index in [4.69, 9.17) is 23.7 Å². The van der Waals surface area contributed by atoms with E-state index in [-0.39, 0.29) is 19.0 Å². The number of carbonyl (C=O) groups excluding carboxylic acids is 3. The lowest BCUT2D eigenvalue weighted by atomic mass is 9.68. The fourth-order valence-corrected chi connectivity index (χ4v) is 6.58. The van der Waals surface area contributed by atoms with E-state index in [0.717, 1.165) is 11.3 Å². The second-order valence-corrected chi connectivity index (χ2v) is 10.7. The first kappa shape index (κ1) is 30.2. The van der Waals surface area contributed by atoms with Gasteiger partial charge >= 0.3 is 11.9 Å². The Balaban J connectivity index is 2.00. The lowest BCUT2D eigenvalue weighted by Crippen LogP contribution is -2.43. The molecule has 1 aromatic carbocycles. The summed E-state index contributed by atoms with van der Waals surface area (Å²) in [6.07, 6.45) is 1.71. The van der Waals surface area contributed by atoms with Gasteiger partial charge in [-0.15, -0.1) is 11.3 Å². The predicted octanol–water partition coefficient (Wildman–Crippen LogP) is 5.27. The number of ketones is 1. The van der Waals surface area contributed by atoms with Gasteiger partial charge in [-0.1, -0.05) is 19.4 Å². The van der Waals surface area contributed by atoms with Crippen LogP contribution >= 0.6 is 11.3 Å². The van der Waals surface area contributed by atoms with Gasteiger partial charge in [0, 0.05) is 33.7 Å². The Morgan fingerprint density at radius 3 is 2.22 bits per heavy atom. The maximum Gasteiger partial charge on any atom is 0.336 e. The standard InChI is InChI=1S/C31H37NO8S/c1-7-11-19-27(31(35)40-9-3)24(17-14-21(36-4)29(38-6)22(15-17)37-5)26-20(32-19)16-18(23-12-10-13-41-23)25(28(26)33)30(34)39-8-2/h10,12-15,18,24-25,32H,7-9,11,16H2,1-6H3/t18-,24+,25-/m0/s1. The van der Waals surface area contributed by atoms with Crippen molar-refractivity contribution in [3.05, 3.63) is 62.6 Å². The smallest absolute Gasteiger partial charge is 0.336 e. The van der Waals surface area contributed by atoms with E-state index in [1.54, 1.807) is 26.0 Å². The third kappa shape index (κ3) is 5.70. The van der Waals surface area contributed by atoms with Crippen molar-refractivity contribution in [2.45, 2.75) is 51.9 Å². The van der Waals surface area contributed by atoms with Crippen LogP contribution in [0.4, 0.5) is 0 Å². The van der Waals surface area contributed by atoms with Crippen molar-refractivity contribution in [1.29, 1.82) is 0 Å². The number of dihydropyridines is 1. The Hall–Kier alpha value is -3.79. The summed E-state index contributed by atoms with van der Waals surface area (Å²) in [4.78, 5) is 42.4. The van der Waals surface area contributed by atoms with Crippen molar-refractivity contribution in [2.75, 3.05) is 34.5 Å². The average molecular weight is 584 g/mol. The van der Waals surface area contributed by atoms with Crippen LogP contribution in [0.1, 0.15) is 62.3 Å². The van der Waals surface area contributed by atoms with Crippen LogP contribution in [0.25, 0.3) is 0 Å². The Bertz CT molecular complexity index is 1340. The molecule has 0 radical (unpaired) electrons. The summed E-state index contributed by atoms with van der Waals surface area (Å²) in [6, 6.07) is 7.32. The van der Waals surface area contributed by atoms with Crippen LogP contribution in [0, 0.1) is 5.92 Å². The number of ether oxygens (including phenoxy) is 5. The van der Waals surface area contributed by atoms with Gasteiger partial charge in [0.05, 0.1) is 40.1 Å². The highest BCUT2D eigenvalue weighted by Gasteiger charge is 2.50. The molecule has 0 saturated heterocycles. The van der Waals surface area contributed by atoms with Gasteiger partial charge in [-0.05, 0) is 55.8 Å². The maximum absolute atomic E-state index is 14.5. The first-order valence-corrected chi connectivity index (χ1v) is 14.7. The Morgan fingerprint density at radius 2 is 1.68 bits per heavy atom. The van der Waals surface area contributed by atoms with E-state index >= 15 is 0 Å². The van der Waals surface area contributed by atoms with E-state index in [1.165, 1.54) is 32.7 Å². The highest BCUT2D eigenvalue weighted by atomic mass is 32.1. The lowest BCUT2D eigenvalue weighted by molar-refractivity contribution is -0.152. The zero-order valence-electron chi connectivity index (χ0n) is 24.3. The summed E-state index contributed by atoms with van der Waals surface area (Å²) < 4.78 is 27.7. The number of esters is 2. The minimum Gasteiger partial charge on any atom is -0.493 e. The molecule has 2 heterocycles. The second kappa shape index (κ2) is 13.2. The molecule has 0 fully saturated rings. The van der Waals surface area contributed by atoms with E-state index in [2.05, 4.69) is 5.32 Å². The minimum atomic E-state index is -1.06. The molecular weight excluding hydrogens is 546 g/mol. The van der Waals surface area contributed by atoms with Crippen LogP contribution in [0.5, 0.6) is 17.2 Å². The summed E-state index contributed by atoms with van der Waals surface area (Å²) in [6.45, 7) is 5.79. The van der Waals surface area contributed by atoms with Crippen molar-refractivity contribution in [3.8, 4) is 17.2 Å². The number of hydrogen-bond acceptors (Lipinski definition) is 10. The van der Waals surface area contributed by atoms with E-state index < -0.39 is 29.7 Å². The van der Waals surface area contributed by atoms with Gasteiger partial charge in [0.15, 0.2) is 17.3 Å². The lowest BCUT2D eigenvalue weighted by Gasteiger charge is -2.39. The molecule has 0 unspecified atom stereocenters. The van der Waals surface area contributed by atoms with Gasteiger partial charge in [-0.25, -0.2) is 4.79 Å². The second-order valence-electron chi connectivity index (χ2n) is 9.69. The highest BCUT2D eigenvalue weighted by molar-refractivity contribution is 7.10. The molecule has 0 amide bonds. The van der Waals surface area contributed by atoms with E-state index in [9.17, 15) is 14.4 Å². The van der Waals surface area contributed by atoms with Crippen LogP contribution in [-0.2, 0) is 23.9 Å². The molecule has 1 aliphatic carbocycles. The molecule has 1 N–H and O–H groups in total. The number of benzene rings is 1. The highest BCUT2D eigenvalue weighted by Crippen LogP contribution is 2.51. The largest absolute Gasteiger partial charge is 0.493 e. The molecule has 220 valence electrons. The number of allylic oxidation sites excluding steroid dienone is 3. The van der Waals surface area contributed by atoms with Crippen LogP contribution in [0.2, 0.25) is 0 Å². The van der Waals surface area contributed by atoms with Crippen molar-refractivity contribution in [3.63, 3.8) is 0 Å². The third-order valence-electron chi connectivity index (χ3n) is 7.37. The summed E-state index contributed by atoms with van der Waals surface area (Å²) >= 11 is 1.50. The zero-order chi connectivity index (χ0) is 29.7. The van der Waals surface area contributed by atoms with Crippen molar-refractivity contribution >= 4 is 29.1 Å². The maximum atomic E-state index is 14.5. The normalized spacial score (nSPS) is 20.2. The molecule has 4 rings (SSSR count). The van der Waals surface area contributed by atoms with E-state index in [1.807, 2.05) is 24.4 Å². The first-order valence-electron chi connectivity index (χ1n) is 13.8. The number of hydrogen-bond donors (Lipinski definition) is 1. The molecule has 1 aromatic heterocycles. The minimum absolute atomic E-state index is 0.148. The predicted molar refractivity (Wildman–Crippen MR) is 154 cm³/mol. The van der Waals surface area contributed by atoms with Gasteiger partial charge in [0.25, 0.3) is 0 Å². The summed E-state index contributed by atoms with van der Waals surface area (Å²) in [7, 11) is 4.52. The van der Waals surface area contributed by atoms with Gasteiger partial charge in [-0.3, -0.25) is 9.59 Å². The third-order valence-corrected chi connectivity index (χ3v) is 8.37. The van der Waals surface area contributed by atoms with Crippen molar-refractivity contribution < 1.29 is 38.1 Å². The van der Waals surface area contributed by atoms with Crippen molar-refractivity contribution in [1.82, 2.24) is 5.32 Å². The van der Waals surface area contributed by atoms with Crippen LogP contribution in [-0.4, -0.2) is 52.3 Å². The molecule has 2 aromatic rings. The molecule has 1 aliphatic heterocycles. The fourth-order valence-electron chi connectivity index (χ4n) is 5.72. The molecule has 2 aliphatic rings. The quantitative estimate of drug-likeness (QED) is 0.280. The van der Waals surface area contributed by atoms with Gasteiger partial charge < -0.3 is 29.0 Å². The van der Waals surface area contributed by atoms with Crippen LogP contribution < -0.4 is 19.5 Å². The average Bonchev–Trinajstić information content (AvgIpc) is 3.51. The number of rotatable bonds is 11. The van der Waals surface area contributed by atoms with Crippen LogP contribution in [0.3, 0.4) is 0 Å². The molecule has 0 saturated carbocycles. The molecule has 41 heavy (non-hydrogen) atoms. The monoisotopic (exact) mass is 583 g/mol. The number of nitrogens with one attached hydrogen (secondary N) is 1. The van der Waals surface area contributed by atoms with Gasteiger partial charge in [-0.2, -0.15) is 0 Å².